The highest BCUT2D eigenvalue weighted by Gasteiger charge is 2.25. The van der Waals surface area contributed by atoms with Crippen LogP contribution in [-0.2, 0) is 11.3 Å². The molecule has 1 unspecified atom stereocenters. The molecule has 1 atom stereocenters. The van der Waals surface area contributed by atoms with E-state index in [1.54, 1.807) is 7.11 Å². The van der Waals surface area contributed by atoms with Gasteiger partial charge in [-0.15, -0.1) is 24.0 Å². The molecule has 1 aromatic rings. The molecule has 154 valence electrons. The summed E-state index contributed by atoms with van der Waals surface area (Å²) >= 11 is 0. The summed E-state index contributed by atoms with van der Waals surface area (Å²) in [5.74, 6) is 0.861. The molecule has 0 saturated carbocycles. The maximum atomic E-state index is 5.61. The molecule has 2 heterocycles. The summed E-state index contributed by atoms with van der Waals surface area (Å²) in [4.78, 5) is 11.3. The summed E-state index contributed by atoms with van der Waals surface area (Å²) in [6.07, 6.45) is 4.23. The number of hydrogen-bond acceptors (Lipinski definition) is 4. The Morgan fingerprint density at radius 1 is 1.33 bits per heavy atom. The number of aromatic nitrogens is 1. The number of nitrogens with one attached hydrogen (secondary N) is 2. The van der Waals surface area contributed by atoms with Crippen LogP contribution >= 0.6 is 24.0 Å². The molecular formula is C20H36IN5O. The summed E-state index contributed by atoms with van der Waals surface area (Å²) in [6.45, 7) is 10.4. The average Bonchev–Trinajstić information content (AvgIpc) is 2.62. The molecule has 27 heavy (non-hydrogen) atoms. The minimum absolute atomic E-state index is 0. The molecule has 2 N–H and O–H groups in total. The highest BCUT2D eigenvalue weighted by atomic mass is 127. The number of methoxy groups -OCH3 is 1. The number of halogens is 1. The van der Waals surface area contributed by atoms with E-state index in [9.17, 15) is 0 Å². The van der Waals surface area contributed by atoms with E-state index in [1.807, 2.05) is 19.3 Å². The Hall–Kier alpha value is -0.930. The number of rotatable bonds is 6. The molecule has 2 rings (SSSR count). The van der Waals surface area contributed by atoms with Crippen molar-refractivity contribution in [2.75, 3.05) is 33.8 Å². The number of nitrogens with zero attached hydrogens (tertiary/aromatic N) is 3. The van der Waals surface area contributed by atoms with Crippen molar-refractivity contribution < 1.29 is 4.74 Å². The van der Waals surface area contributed by atoms with E-state index in [4.69, 9.17) is 4.74 Å². The van der Waals surface area contributed by atoms with Crippen molar-refractivity contribution in [3.8, 4) is 0 Å². The lowest BCUT2D eigenvalue weighted by Gasteiger charge is -2.34. The third-order valence-electron chi connectivity index (χ3n) is 4.97. The fraction of sp³-hybridized carbons (Fsp3) is 0.700. The first-order chi connectivity index (χ1) is 12.4. The summed E-state index contributed by atoms with van der Waals surface area (Å²) in [5, 5.41) is 6.98. The van der Waals surface area contributed by atoms with Crippen molar-refractivity contribution in [3.05, 3.63) is 30.1 Å². The van der Waals surface area contributed by atoms with Gasteiger partial charge in [-0.25, -0.2) is 0 Å². The van der Waals surface area contributed by atoms with Gasteiger partial charge >= 0.3 is 0 Å². The molecule has 0 aromatic carbocycles. The Bertz CT molecular complexity index is 553. The average molecular weight is 489 g/mol. The third kappa shape index (κ3) is 8.31. The van der Waals surface area contributed by atoms with Crippen molar-refractivity contribution in [1.29, 1.82) is 0 Å². The Kier molecular flexibility index (Phi) is 10.5. The van der Waals surface area contributed by atoms with Gasteiger partial charge in [-0.1, -0.05) is 26.8 Å². The lowest BCUT2D eigenvalue weighted by Crippen LogP contribution is -2.51. The first-order valence-electron chi connectivity index (χ1n) is 9.54. The van der Waals surface area contributed by atoms with Crippen LogP contribution in [0.1, 0.15) is 39.3 Å². The fourth-order valence-corrected chi connectivity index (χ4v) is 3.28. The molecule has 1 aromatic heterocycles. The second kappa shape index (κ2) is 11.8. The SMILES string of the molecule is CN=C(NCC(OC)C(C)(C)C)NC1CCN(Cc2ccccn2)CC1.I. The maximum absolute atomic E-state index is 5.61. The number of guanidine groups is 1. The Balaban J connectivity index is 0.00000364. The minimum atomic E-state index is 0. The Labute approximate surface area is 181 Å². The molecule has 0 bridgehead atoms. The van der Waals surface area contributed by atoms with Crippen LogP contribution in [0.4, 0.5) is 0 Å². The van der Waals surface area contributed by atoms with Crippen molar-refractivity contribution in [3.63, 3.8) is 0 Å². The van der Waals surface area contributed by atoms with Crippen LogP contribution < -0.4 is 10.6 Å². The molecule has 6 nitrogen and oxygen atoms in total. The predicted octanol–water partition coefficient (Wildman–Crippen LogP) is 2.89. The molecule has 1 saturated heterocycles. The Morgan fingerprint density at radius 3 is 2.56 bits per heavy atom. The molecule has 1 fully saturated rings. The van der Waals surface area contributed by atoms with E-state index in [-0.39, 0.29) is 35.5 Å². The second-order valence-corrected chi connectivity index (χ2v) is 8.06. The molecule has 0 aliphatic carbocycles. The lowest BCUT2D eigenvalue weighted by molar-refractivity contribution is 0.0204. The van der Waals surface area contributed by atoms with Crippen LogP contribution in [0.5, 0.6) is 0 Å². The van der Waals surface area contributed by atoms with Gasteiger partial charge in [0, 0.05) is 52.6 Å². The molecule has 1 aliphatic rings. The van der Waals surface area contributed by atoms with Gasteiger partial charge < -0.3 is 15.4 Å². The maximum Gasteiger partial charge on any atom is 0.191 e. The van der Waals surface area contributed by atoms with Crippen molar-refractivity contribution in [1.82, 2.24) is 20.5 Å². The highest BCUT2D eigenvalue weighted by molar-refractivity contribution is 14.0. The van der Waals surface area contributed by atoms with Crippen molar-refractivity contribution in [2.45, 2.75) is 52.3 Å². The first-order valence-corrected chi connectivity index (χ1v) is 9.54. The summed E-state index contributed by atoms with van der Waals surface area (Å²) in [7, 11) is 3.59. The van der Waals surface area contributed by atoms with E-state index in [1.165, 1.54) is 0 Å². The van der Waals surface area contributed by atoms with E-state index in [0.29, 0.717) is 6.04 Å². The predicted molar refractivity (Wildman–Crippen MR) is 123 cm³/mol. The van der Waals surface area contributed by atoms with Crippen LogP contribution in [-0.4, -0.2) is 61.8 Å². The van der Waals surface area contributed by atoms with Gasteiger partial charge in [-0.2, -0.15) is 0 Å². The monoisotopic (exact) mass is 489 g/mol. The van der Waals surface area contributed by atoms with Crippen LogP contribution in [0.2, 0.25) is 0 Å². The van der Waals surface area contributed by atoms with Gasteiger partial charge in [0.2, 0.25) is 0 Å². The van der Waals surface area contributed by atoms with Crippen LogP contribution in [0.3, 0.4) is 0 Å². The normalized spacial score (nSPS) is 17.9. The van der Waals surface area contributed by atoms with E-state index in [0.717, 1.165) is 50.7 Å². The zero-order valence-electron chi connectivity index (χ0n) is 17.4. The van der Waals surface area contributed by atoms with Gasteiger partial charge in [-0.05, 0) is 30.4 Å². The first kappa shape index (κ1) is 24.1. The lowest BCUT2D eigenvalue weighted by atomic mass is 9.89. The molecular weight excluding hydrogens is 453 g/mol. The highest BCUT2D eigenvalue weighted by Crippen LogP contribution is 2.21. The zero-order chi connectivity index (χ0) is 19.0. The second-order valence-electron chi connectivity index (χ2n) is 8.06. The fourth-order valence-electron chi connectivity index (χ4n) is 3.28. The topological polar surface area (TPSA) is 61.8 Å². The number of likely N-dealkylation sites (tertiary alicyclic amines) is 1. The summed E-state index contributed by atoms with van der Waals surface area (Å²) in [6, 6.07) is 6.57. The quantitative estimate of drug-likeness (QED) is 0.366. The zero-order valence-corrected chi connectivity index (χ0v) is 19.7. The summed E-state index contributed by atoms with van der Waals surface area (Å²) in [5.41, 5.74) is 1.24. The van der Waals surface area contributed by atoms with Gasteiger partial charge in [-0.3, -0.25) is 14.9 Å². The third-order valence-corrected chi connectivity index (χ3v) is 4.97. The Morgan fingerprint density at radius 2 is 2.04 bits per heavy atom. The van der Waals surface area contributed by atoms with Crippen LogP contribution in [0.25, 0.3) is 0 Å². The number of pyridine rings is 1. The van der Waals surface area contributed by atoms with Gasteiger partial charge in [0.25, 0.3) is 0 Å². The van der Waals surface area contributed by atoms with Crippen molar-refractivity contribution >= 4 is 29.9 Å². The van der Waals surface area contributed by atoms with Gasteiger partial charge in [0.15, 0.2) is 5.96 Å². The molecule has 1 aliphatic heterocycles. The van der Waals surface area contributed by atoms with Gasteiger partial charge in [0.05, 0.1) is 11.8 Å². The van der Waals surface area contributed by atoms with Crippen LogP contribution in [0, 0.1) is 5.41 Å². The molecule has 0 amide bonds. The number of aliphatic imine (C=N–C) groups is 1. The van der Waals surface area contributed by atoms with E-state index < -0.39 is 0 Å². The van der Waals surface area contributed by atoms with E-state index >= 15 is 0 Å². The molecule has 0 radical (unpaired) electrons. The smallest absolute Gasteiger partial charge is 0.191 e. The molecule has 7 heteroatoms. The largest absolute Gasteiger partial charge is 0.379 e. The van der Waals surface area contributed by atoms with Crippen molar-refractivity contribution in [2.24, 2.45) is 10.4 Å². The number of piperidine rings is 1. The van der Waals surface area contributed by atoms with Gasteiger partial charge in [0.1, 0.15) is 0 Å². The molecule has 0 spiro atoms. The number of hydrogen-bond donors (Lipinski definition) is 2. The summed E-state index contributed by atoms with van der Waals surface area (Å²) < 4.78 is 5.61. The minimum Gasteiger partial charge on any atom is -0.379 e. The van der Waals surface area contributed by atoms with Crippen LogP contribution in [0.15, 0.2) is 29.4 Å². The van der Waals surface area contributed by atoms with E-state index in [2.05, 4.69) is 58.4 Å². The standard InChI is InChI=1S/C20H35N5O.HI/c1-20(2,3)18(26-5)14-23-19(21-4)24-16-9-12-25(13-10-16)15-17-8-6-7-11-22-17;/h6-8,11,16,18H,9-10,12-15H2,1-5H3,(H2,21,23,24);1H. The number of ether oxygens (including phenoxy) is 1.